The number of ether oxygens (including phenoxy) is 1. The fourth-order valence-corrected chi connectivity index (χ4v) is 2.17. The Labute approximate surface area is 115 Å². The molecule has 2 N–H and O–H groups in total. The maximum Gasteiger partial charge on any atom is 0.132 e. The summed E-state index contributed by atoms with van der Waals surface area (Å²) in [4.78, 5) is 0. The molecule has 2 aromatic rings. The predicted octanol–water partition coefficient (Wildman–Crippen LogP) is 4.42. The average Bonchev–Trinajstić information content (AvgIpc) is 2.35. The molecule has 0 aromatic heterocycles. The molecule has 2 rings (SSSR count). The summed E-state index contributed by atoms with van der Waals surface area (Å²) in [5, 5.41) is 0. The summed E-state index contributed by atoms with van der Waals surface area (Å²) in [5.74, 6) is 1.75. The lowest BCUT2D eigenvalue weighted by atomic mass is 10.1. The Morgan fingerprint density at radius 3 is 2.37 bits per heavy atom. The van der Waals surface area contributed by atoms with E-state index >= 15 is 0 Å². The van der Waals surface area contributed by atoms with Gasteiger partial charge < -0.3 is 10.5 Å². The molecule has 0 amide bonds. The van der Waals surface area contributed by atoms with Crippen molar-refractivity contribution >= 4 is 0 Å². The number of rotatable bonds is 3. The zero-order chi connectivity index (χ0) is 14.0. The highest BCUT2D eigenvalue weighted by atomic mass is 16.5. The molecule has 2 heteroatoms. The van der Waals surface area contributed by atoms with Gasteiger partial charge in [-0.05, 0) is 56.5 Å². The second-order valence-corrected chi connectivity index (χ2v) is 5.13. The van der Waals surface area contributed by atoms with Gasteiger partial charge in [0.1, 0.15) is 11.5 Å². The third kappa shape index (κ3) is 2.96. The van der Waals surface area contributed by atoms with Crippen LogP contribution in [0.5, 0.6) is 11.5 Å². The summed E-state index contributed by atoms with van der Waals surface area (Å²) in [6, 6.07) is 12.1. The smallest absolute Gasteiger partial charge is 0.132 e. The highest BCUT2D eigenvalue weighted by Crippen LogP contribution is 2.32. The molecule has 0 saturated carbocycles. The van der Waals surface area contributed by atoms with Crippen LogP contribution in [-0.2, 0) is 0 Å². The first-order valence-corrected chi connectivity index (χ1v) is 6.59. The molecule has 0 fully saturated rings. The van der Waals surface area contributed by atoms with E-state index in [-0.39, 0.29) is 6.04 Å². The van der Waals surface area contributed by atoms with Gasteiger partial charge in [-0.3, -0.25) is 0 Å². The molecule has 2 nitrogen and oxygen atoms in total. The molecule has 0 spiro atoms. The van der Waals surface area contributed by atoms with Gasteiger partial charge in [-0.2, -0.15) is 0 Å². The highest BCUT2D eigenvalue weighted by Gasteiger charge is 2.10. The lowest BCUT2D eigenvalue weighted by Gasteiger charge is -2.16. The first kappa shape index (κ1) is 13.6. The van der Waals surface area contributed by atoms with E-state index in [9.17, 15) is 0 Å². The fraction of sp³-hybridized carbons (Fsp3) is 0.294. The molecular weight excluding hydrogens is 234 g/mol. The van der Waals surface area contributed by atoms with Crippen molar-refractivity contribution in [3.05, 3.63) is 58.7 Å². The molecule has 0 bridgehead atoms. The number of hydrogen-bond acceptors (Lipinski definition) is 2. The zero-order valence-electron chi connectivity index (χ0n) is 12.0. The van der Waals surface area contributed by atoms with Crippen molar-refractivity contribution in [3.63, 3.8) is 0 Å². The molecule has 0 aliphatic rings. The third-order valence-electron chi connectivity index (χ3n) is 3.39. The Kier molecular flexibility index (Phi) is 3.91. The van der Waals surface area contributed by atoms with E-state index in [0.29, 0.717) is 0 Å². The third-order valence-corrected chi connectivity index (χ3v) is 3.39. The van der Waals surface area contributed by atoms with Crippen LogP contribution in [0.3, 0.4) is 0 Å². The Hall–Kier alpha value is -1.80. The summed E-state index contributed by atoms with van der Waals surface area (Å²) >= 11 is 0. The van der Waals surface area contributed by atoms with E-state index < -0.39 is 0 Å². The number of nitrogens with two attached hydrogens (primary N) is 1. The van der Waals surface area contributed by atoms with Crippen molar-refractivity contribution in [2.75, 3.05) is 0 Å². The molecule has 19 heavy (non-hydrogen) atoms. The predicted molar refractivity (Wildman–Crippen MR) is 79.8 cm³/mol. The molecule has 2 aromatic carbocycles. The van der Waals surface area contributed by atoms with Gasteiger partial charge in [0.15, 0.2) is 0 Å². The number of benzene rings is 2. The van der Waals surface area contributed by atoms with Gasteiger partial charge >= 0.3 is 0 Å². The maximum absolute atomic E-state index is 6.08. The Balaban J connectivity index is 2.42. The lowest BCUT2D eigenvalue weighted by molar-refractivity contribution is 0.467. The van der Waals surface area contributed by atoms with Crippen molar-refractivity contribution < 1.29 is 4.74 Å². The van der Waals surface area contributed by atoms with Gasteiger partial charge in [-0.25, -0.2) is 0 Å². The minimum atomic E-state index is -0.0394. The topological polar surface area (TPSA) is 35.2 Å². The quantitative estimate of drug-likeness (QED) is 0.881. The molecular formula is C17H21NO. The fourth-order valence-electron chi connectivity index (χ4n) is 2.17. The monoisotopic (exact) mass is 255 g/mol. The molecule has 1 atom stereocenters. The van der Waals surface area contributed by atoms with Crippen LogP contribution in [0.25, 0.3) is 0 Å². The first-order valence-electron chi connectivity index (χ1n) is 6.59. The molecule has 0 aliphatic carbocycles. The molecule has 0 heterocycles. The van der Waals surface area contributed by atoms with Crippen molar-refractivity contribution in [3.8, 4) is 11.5 Å². The van der Waals surface area contributed by atoms with Crippen LogP contribution in [0.1, 0.15) is 35.2 Å². The van der Waals surface area contributed by atoms with E-state index in [2.05, 4.69) is 32.9 Å². The van der Waals surface area contributed by atoms with Crippen molar-refractivity contribution in [1.82, 2.24) is 0 Å². The standard InChI is InChI=1S/C17H21NO/c1-11-9-12(2)13(3)17(10-11)19-16-8-6-5-7-15(16)14(4)18/h5-10,14H,18H2,1-4H3/t14-/m1/s1. The first-order chi connectivity index (χ1) is 8.99. The van der Waals surface area contributed by atoms with E-state index in [4.69, 9.17) is 10.5 Å². The normalized spacial score (nSPS) is 12.3. The van der Waals surface area contributed by atoms with Crippen molar-refractivity contribution in [2.24, 2.45) is 5.73 Å². The highest BCUT2D eigenvalue weighted by molar-refractivity contribution is 5.46. The van der Waals surface area contributed by atoms with Crippen LogP contribution in [0.15, 0.2) is 36.4 Å². The van der Waals surface area contributed by atoms with Gasteiger partial charge in [-0.15, -0.1) is 0 Å². The number of hydrogen-bond donors (Lipinski definition) is 1. The van der Waals surface area contributed by atoms with Crippen LogP contribution < -0.4 is 10.5 Å². The van der Waals surface area contributed by atoms with Crippen LogP contribution in [0.4, 0.5) is 0 Å². The van der Waals surface area contributed by atoms with Crippen molar-refractivity contribution in [2.45, 2.75) is 33.7 Å². The minimum absolute atomic E-state index is 0.0394. The van der Waals surface area contributed by atoms with Gasteiger partial charge in [-0.1, -0.05) is 24.3 Å². The minimum Gasteiger partial charge on any atom is -0.457 e. The summed E-state index contributed by atoms with van der Waals surface area (Å²) in [6.45, 7) is 8.23. The molecule has 0 radical (unpaired) electrons. The van der Waals surface area contributed by atoms with Gasteiger partial charge in [0.05, 0.1) is 0 Å². The second kappa shape index (κ2) is 5.45. The molecule has 0 unspecified atom stereocenters. The second-order valence-electron chi connectivity index (χ2n) is 5.13. The van der Waals surface area contributed by atoms with Gasteiger partial charge in [0.2, 0.25) is 0 Å². The summed E-state index contributed by atoms with van der Waals surface area (Å²) in [7, 11) is 0. The Morgan fingerprint density at radius 2 is 1.68 bits per heavy atom. The number of aryl methyl sites for hydroxylation is 2. The van der Waals surface area contributed by atoms with E-state index in [1.807, 2.05) is 31.2 Å². The van der Waals surface area contributed by atoms with Gasteiger partial charge in [0.25, 0.3) is 0 Å². The van der Waals surface area contributed by atoms with Gasteiger partial charge in [0, 0.05) is 11.6 Å². The van der Waals surface area contributed by atoms with Crippen molar-refractivity contribution in [1.29, 1.82) is 0 Å². The molecule has 0 saturated heterocycles. The maximum atomic E-state index is 6.08. The SMILES string of the molecule is Cc1cc(C)c(C)c(Oc2ccccc2[C@@H](C)N)c1. The van der Waals surface area contributed by atoms with E-state index in [0.717, 1.165) is 17.1 Å². The Morgan fingerprint density at radius 1 is 1.00 bits per heavy atom. The number of para-hydroxylation sites is 1. The van der Waals surface area contributed by atoms with Crippen LogP contribution in [0, 0.1) is 20.8 Å². The van der Waals surface area contributed by atoms with Crippen LogP contribution in [0.2, 0.25) is 0 Å². The largest absolute Gasteiger partial charge is 0.457 e. The summed E-state index contributed by atoms with van der Waals surface area (Å²) in [5.41, 5.74) is 10.6. The Bertz CT molecular complexity index is 588. The average molecular weight is 255 g/mol. The zero-order valence-corrected chi connectivity index (χ0v) is 12.0. The van der Waals surface area contributed by atoms with E-state index in [1.165, 1.54) is 16.7 Å². The lowest BCUT2D eigenvalue weighted by Crippen LogP contribution is -2.06. The molecule has 0 aliphatic heterocycles. The van der Waals surface area contributed by atoms with Crippen LogP contribution >= 0.6 is 0 Å². The summed E-state index contributed by atoms with van der Waals surface area (Å²) < 4.78 is 6.08. The molecule has 100 valence electrons. The van der Waals surface area contributed by atoms with E-state index in [1.54, 1.807) is 0 Å². The van der Waals surface area contributed by atoms with Crippen LogP contribution in [-0.4, -0.2) is 0 Å². The summed E-state index contributed by atoms with van der Waals surface area (Å²) in [6.07, 6.45) is 0.